The second kappa shape index (κ2) is 10.1. The number of aromatic hydroxyl groups is 1. The van der Waals surface area contributed by atoms with Crippen LogP contribution in [0.25, 0.3) is 0 Å². The van der Waals surface area contributed by atoms with Crippen molar-refractivity contribution in [3.8, 4) is 5.75 Å². The molecule has 0 bridgehead atoms. The standard InChI is InChI=1S/C24H30O11/c1-10-16(33-22(31)12-4-3-5-13(26)6-12)7-14-15(21(29)30)9-32-23(18(10)14)35-24-20(28)11(2)19(27)17(8-25)34-24/h3-6,9-11,14,16-20,23-28H,7-8H2,1-2H3,(H,29,30)/t10-,11+,14+,16+,17+,18+,19+,20+,23+,24+/m0/s1. The van der Waals surface area contributed by atoms with Gasteiger partial charge in [-0.15, -0.1) is 0 Å². The van der Waals surface area contributed by atoms with Crippen molar-refractivity contribution in [3.05, 3.63) is 41.7 Å². The van der Waals surface area contributed by atoms with Gasteiger partial charge in [0.15, 0.2) is 6.29 Å². The van der Waals surface area contributed by atoms with E-state index in [0.717, 1.165) is 6.26 Å². The monoisotopic (exact) mass is 494 g/mol. The smallest absolute Gasteiger partial charge is 0.338 e. The summed E-state index contributed by atoms with van der Waals surface area (Å²) < 4.78 is 22.8. The highest BCUT2D eigenvalue weighted by Gasteiger charge is 2.54. The van der Waals surface area contributed by atoms with Crippen molar-refractivity contribution in [3.63, 3.8) is 0 Å². The summed E-state index contributed by atoms with van der Waals surface area (Å²) in [4.78, 5) is 24.5. The lowest BCUT2D eigenvalue weighted by molar-refractivity contribution is -0.334. The number of esters is 1. The second-order valence-electron chi connectivity index (χ2n) is 9.36. The molecule has 192 valence electrons. The fourth-order valence-corrected chi connectivity index (χ4v) is 5.17. The number of carboxylic acids is 1. The highest BCUT2D eigenvalue weighted by molar-refractivity contribution is 5.90. The molecule has 0 aromatic heterocycles. The molecule has 10 atom stereocenters. The van der Waals surface area contributed by atoms with Crippen LogP contribution in [-0.4, -0.2) is 81.1 Å². The lowest BCUT2D eigenvalue weighted by Gasteiger charge is -2.43. The molecule has 2 aliphatic heterocycles. The van der Waals surface area contributed by atoms with E-state index in [1.807, 2.05) is 0 Å². The number of rotatable bonds is 6. The number of phenols is 1. The van der Waals surface area contributed by atoms with E-state index in [-0.39, 0.29) is 23.3 Å². The van der Waals surface area contributed by atoms with Crippen LogP contribution in [0.1, 0.15) is 30.6 Å². The van der Waals surface area contributed by atoms with Gasteiger partial charge in [-0.05, 0) is 24.6 Å². The van der Waals surface area contributed by atoms with E-state index < -0.39 is 79.2 Å². The first-order valence-electron chi connectivity index (χ1n) is 11.5. The van der Waals surface area contributed by atoms with Gasteiger partial charge >= 0.3 is 11.9 Å². The minimum Gasteiger partial charge on any atom is -0.508 e. The Labute approximate surface area is 201 Å². The summed E-state index contributed by atoms with van der Waals surface area (Å²) in [7, 11) is 0. The van der Waals surface area contributed by atoms with E-state index in [1.165, 1.54) is 24.3 Å². The molecule has 0 spiro atoms. The van der Waals surface area contributed by atoms with Crippen molar-refractivity contribution in [2.45, 2.75) is 57.3 Å². The van der Waals surface area contributed by atoms with Crippen LogP contribution in [0.3, 0.4) is 0 Å². The molecule has 35 heavy (non-hydrogen) atoms. The Bertz CT molecular complexity index is 976. The van der Waals surface area contributed by atoms with Crippen molar-refractivity contribution < 1.29 is 54.1 Å². The highest BCUT2D eigenvalue weighted by atomic mass is 16.8. The third-order valence-electron chi connectivity index (χ3n) is 7.27. The van der Waals surface area contributed by atoms with E-state index in [2.05, 4.69) is 0 Å². The quantitative estimate of drug-likeness (QED) is 0.351. The largest absolute Gasteiger partial charge is 0.508 e. The Morgan fingerprint density at radius 1 is 1.11 bits per heavy atom. The summed E-state index contributed by atoms with van der Waals surface area (Å²) in [6, 6.07) is 5.72. The van der Waals surface area contributed by atoms with Gasteiger partial charge in [-0.2, -0.15) is 0 Å². The van der Waals surface area contributed by atoms with Crippen LogP contribution in [0, 0.1) is 23.7 Å². The third-order valence-corrected chi connectivity index (χ3v) is 7.27. The summed E-state index contributed by atoms with van der Waals surface area (Å²) in [5.41, 5.74) is 0.172. The SMILES string of the molecule is C[C@@H]1[C@@H](O)[C@@H](CO)O[C@H](O[C@H]2OC=C(C(=O)O)[C@H]3C[C@@H](OC(=O)c4cccc(O)c4)[C@H](C)[C@@H]23)[C@@H]1O. The predicted molar refractivity (Wildman–Crippen MR) is 117 cm³/mol. The Hall–Kier alpha value is -2.70. The second-order valence-corrected chi connectivity index (χ2v) is 9.36. The highest BCUT2D eigenvalue weighted by Crippen LogP contribution is 2.48. The van der Waals surface area contributed by atoms with Crippen molar-refractivity contribution >= 4 is 11.9 Å². The third kappa shape index (κ3) is 4.87. The maximum atomic E-state index is 12.7. The molecule has 0 amide bonds. The van der Waals surface area contributed by atoms with Crippen LogP contribution < -0.4 is 0 Å². The Morgan fingerprint density at radius 2 is 1.86 bits per heavy atom. The zero-order chi connectivity index (χ0) is 25.4. The summed E-state index contributed by atoms with van der Waals surface area (Å²) in [6.45, 7) is 2.90. The molecule has 3 aliphatic rings. The summed E-state index contributed by atoms with van der Waals surface area (Å²) >= 11 is 0. The van der Waals surface area contributed by atoms with E-state index in [0.29, 0.717) is 0 Å². The van der Waals surface area contributed by atoms with Crippen LogP contribution in [0.15, 0.2) is 36.1 Å². The molecule has 2 heterocycles. The number of carbonyl (C=O) groups is 2. The maximum absolute atomic E-state index is 12.7. The first kappa shape index (κ1) is 25.4. The van der Waals surface area contributed by atoms with Gasteiger partial charge in [-0.3, -0.25) is 0 Å². The maximum Gasteiger partial charge on any atom is 0.338 e. The zero-order valence-electron chi connectivity index (χ0n) is 19.3. The lowest BCUT2D eigenvalue weighted by atomic mass is 9.83. The summed E-state index contributed by atoms with van der Waals surface area (Å²) in [6.07, 6.45) is -4.94. The number of carbonyl (C=O) groups excluding carboxylic acids is 1. The molecule has 0 radical (unpaired) electrons. The molecule has 0 unspecified atom stereocenters. The number of ether oxygens (including phenoxy) is 4. The Kier molecular flexibility index (Phi) is 7.34. The average Bonchev–Trinajstić information content (AvgIpc) is 3.15. The average molecular weight is 494 g/mol. The number of fused-ring (bicyclic) bond motifs is 1. The first-order chi connectivity index (χ1) is 16.6. The van der Waals surface area contributed by atoms with Gasteiger partial charge in [-0.1, -0.05) is 19.9 Å². The number of aliphatic carboxylic acids is 1. The van der Waals surface area contributed by atoms with Crippen LogP contribution in [-0.2, 0) is 23.7 Å². The van der Waals surface area contributed by atoms with Gasteiger partial charge in [-0.25, -0.2) is 9.59 Å². The fraction of sp³-hybridized carbons (Fsp3) is 0.583. The summed E-state index contributed by atoms with van der Waals surface area (Å²) in [5, 5.41) is 49.6. The molecule has 4 rings (SSSR count). The number of hydrogen-bond acceptors (Lipinski definition) is 10. The number of carboxylic acid groups (broad SMARTS) is 1. The van der Waals surface area contributed by atoms with Crippen molar-refractivity contribution in [2.75, 3.05) is 6.61 Å². The van der Waals surface area contributed by atoms with Gasteiger partial charge < -0.3 is 44.5 Å². The van der Waals surface area contributed by atoms with E-state index >= 15 is 0 Å². The van der Waals surface area contributed by atoms with Crippen molar-refractivity contribution in [2.24, 2.45) is 23.7 Å². The molecular formula is C24H30O11. The molecule has 1 saturated carbocycles. The Morgan fingerprint density at radius 3 is 2.51 bits per heavy atom. The van der Waals surface area contributed by atoms with Crippen LogP contribution >= 0.6 is 0 Å². The van der Waals surface area contributed by atoms with Gasteiger partial charge in [0.05, 0.1) is 30.1 Å². The molecule has 1 saturated heterocycles. The topological polar surface area (TPSA) is 172 Å². The predicted octanol–water partition coefficient (Wildman–Crippen LogP) is 0.606. The van der Waals surface area contributed by atoms with Gasteiger partial charge in [0, 0.05) is 23.7 Å². The molecule has 1 aliphatic carbocycles. The molecule has 1 aromatic carbocycles. The van der Waals surface area contributed by atoms with Crippen LogP contribution in [0.4, 0.5) is 0 Å². The zero-order valence-corrected chi connectivity index (χ0v) is 19.3. The molecule has 1 aromatic rings. The number of phenolic OH excluding ortho intramolecular Hbond substituents is 1. The lowest BCUT2D eigenvalue weighted by Crippen LogP contribution is -2.56. The minimum atomic E-state index is -1.24. The van der Waals surface area contributed by atoms with Gasteiger partial charge in [0.2, 0.25) is 6.29 Å². The van der Waals surface area contributed by atoms with Crippen molar-refractivity contribution in [1.82, 2.24) is 0 Å². The van der Waals surface area contributed by atoms with E-state index in [4.69, 9.17) is 18.9 Å². The van der Waals surface area contributed by atoms with E-state index in [9.17, 15) is 35.1 Å². The van der Waals surface area contributed by atoms with Crippen molar-refractivity contribution in [1.29, 1.82) is 0 Å². The minimum absolute atomic E-state index is 0.0136. The Balaban J connectivity index is 1.54. The van der Waals surface area contributed by atoms with Crippen LogP contribution in [0.5, 0.6) is 5.75 Å². The van der Waals surface area contributed by atoms with Crippen LogP contribution in [0.2, 0.25) is 0 Å². The summed E-state index contributed by atoms with van der Waals surface area (Å²) in [5.74, 6) is -4.10. The number of hydrogen-bond donors (Lipinski definition) is 5. The van der Waals surface area contributed by atoms with Gasteiger partial charge in [0.25, 0.3) is 0 Å². The molecule has 5 N–H and O–H groups in total. The van der Waals surface area contributed by atoms with E-state index in [1.54, 1.807) is 13.8 Å². The molecule has 2 fully saturated rings. The number of benzene rings is 1. The first-order valence-corrected chi connectivity index (χ1v) is 11.5. The number of aliphatic hydroxyl groups excluding tert-OH is 3. The van der Waals surface area contributed by atoms with Gasteiger partial charge in [0.1, 0.15) is 24.1 Å². The fourth-order valence-electron chi connectivity index (χ4n) is 5.17. The molecular weight excluding hydrogens is 464 g/mol. The number of aliphatic hydroxyl groups is 3. The molecule has 11 nitrogen and oxygen atoms in total. The molecule has 11 heteroatoms. The normalized spacial score (nSPS) is 38.7.